The number of nitrogen functional groups attached to an aromatic ring is 1. The van der Waals surface area contributed by atoms with E-state index in [2.05, 4.69) is 5.32 Å². The third-order valence-corrected chi connectivity index (χ3v) is 4.15. The molecule has 1 saturated heterocycles. The monoisotopic (exact) mass is 401 g/mol. The molecule has 1 aliphatic rings. The molecule has 0 aromatic heterocycles. The van der Waals surface area contributed by atoms with E-state index in [1.54, 1.807) is 24.3 Å². The minimum atomic E-state index is -4.13. The lowest BCUT2D eigenvalue weighted by Crippen LogP contribution is -2.40. The molecule has 1 aliphatic heterocycles. The van der Waals surface area contributed by atoms with Crippen molar-refractivity contribution in [1.29, 1.82) is 0 Å². The van der Waals surface area contributed by atoms with E-state index in [0.717, 1.165) is 19.3 Å². The molecular weight excluding hydrogens is 378 g/mol. The number of carbonyl (C=O) groups is 1. The van der Waals surface area contributed by atoms with Crippen molar-refractivity contribution in [2.45, 2.75) is 25.4 Å². The van der Waals surface area contributed by atoms with Crippen molar-refractivity contribution in [2.24, 2.45) is 5.92 Å². The van der Waals surface area contributed by atoms with E-state index in [1.165, 1.54) is 4.90 Å². The highest BCUT2D eigenvalue weighted by Crippen LogP contribution is 2.24. The normalized spacial score (nSPS) is 15.8. The van der Waals surface area contributed by atoms with Gasteiger partial charge < -0.3 is 11.1 Å². The smallest absolute Gasteiger partial charge is 0.398 e. The number of para-hydroxylation sites is 1. The molecule has 1 amide bonds. The van der Waals surface area contributed by atoms with Crippen LogP contribution in [0.5, 0.6) is 0 Å². The van der Waals surface area contributed by atoms with Crippen LogP contribution in [-0.4, -0.2) is 43.2 Å². The molecule has 1 aromatic carbocycles. The lowest BCUT2D eigenvalue weighted by molar-refractivity contribution is -0.148. The minimum absolute atomic E-state index is 0. The number of hydrogen-bond donors (Lipinski definition) is 2. The first-order valence-electron chi connectivity index (χ1n) is 7.77. The van der Waals surface area contributed by atoms with Crippen molar-refractivity contribution in [3.63, 3.8) is 0 Å². The molecule has 0 radical (unpaired) electrons. The predicted molar refractivity (Wildman–Crippen MR) is 97.5 cm³/mol. The number of hydrogen-bond acceptors (Lipinski definition) is 3. The van der Waals surface area contributed by atoms with E-state index in [4.69, 9.17) is 5.73 Å². The first-order valence-corrected chi connectivity index (χ1v) is 7.77. The summed E-state index contributed by atoms with van der Waals surface area (Å²) in [5, 5.41) is 2.82. The van der Waals surface area contributed by atoms with Gasteiger partial charge in [-0.25, -0.2) is 0 Å². The van der Waals surface area contributed by atoms with Crippen LogP contribution >= 0.6 is 24.8 Å². The molecule has 0 bridgehead atoms. The average molecular weight is 402 g/mol. The summed E-state index contributed by atoms with van der Waals surface area (Å²) in [6, 6.07) is 6.86. The van der Waals surface area contributed by atoms with E-state index in [-0.39, 0.29) is 30.7 Å². The predicted octanol–water partition coefficient (Wildman–Crippen LogP) is 3.51. The van der Waals surface area contributed by atoms with Crippen LogP contribution in [0.25, 0.3) is 0 Å². The van der Waals surface area contributed by atoms with Crippen molar-refractivity contribution in [3.05, 3.63) is 29.8 Å². The molecule has 144 valence electrons. The lowest BCUT2D eigenvalue weighted by Gasteiger charge is -2.32. The maximum Gasteiger partial charge on any atom is 0.401 e. The number of carbonyl (C=O) groups excluding carboxylic acids is 1. The SMILES string of the molecule is Cl.Cl.Nc1ccccc1C(=O)NCCC1CCN(CC(F)(F)F)CC1. The summed E-state index contributed by atoms with van der Waals surface area (Å²) in [5.41, 5.74) is 6.63. The van der Waals surface area contributed by atoms with Gasteiger partial charge in [0.25, 0.3) is 5.91 Å². The van der Waals surface area contributed by atoms with Gasteiger partial charge in [-0.1, -0.05) is 12.1 Å². The minimum Gasteiger partial charge on any atom is -0.398 e. The number of likely N-dealkylation sites (tertiary alicyclic amines) is 1. The molecule has 1 aromatic rings. The largest absolute Gasteiger partial charge is 0.401 e. The van der Waals surface area contributed by atoms with E-state index < -0.39 is 12.7 Å². The number of halogens is 5. The third-order valence-electron chi connectivity index (χ3n) is 4.15. The number of piperidine rings is 1. The topological polar surface area (TPSA) is 58.4 Å². The first kappa shape index (κ1) is 23.8. The van der Waals surface area contributed by atoms with Gasteiger partial charge in [0.15, 0.2) is 0 Å². The first-order chi connectivity index (χ1) is 10.8. The molecular formula is C16H24Cl2F3N3O. The Morgan fingerprint density at radius 2 is 1.80 bits per heavy atom. The van der Waals surface area contributed by atoms with Crippen LogP contribution in [0, 0.1) is 5.92 Å². The highest BCUT2D eigenvalue weighted by molar-refractivity contribution is 5.99. The van der Waals surface area contributed by atoms with Crippen LogP contribution in [0.15, 0.2) is 24.3 Å². The highest BCUT2D eigenvalue weighted by Gasteiger charge is 2.32. The number of nitrogens with one attached hydrogen (secondary N) is 1. The fraction of sp³-hybridized carbons (Fsp3) is 0.562. The maximum atomic E-state index is 12.3. The zero-order valence-electron chi connectivity index (χ0n) is 13.7. The molecule has 2 rings (SSSR count). The molecule has 0 atom stereocenters. The number of rotatable bonds is 5. The standard InChI is InChI=1S/C16H22F3N3O.2ClH/c17-16(18,19)11-22-9-6-12(7-10-22)5-8-21-15(23)13-3-1-2-4-14(13)20;;/h1-4,12H,5-11,20H2,(H,21,23);2*1H. The Morgan fingerprint density at radius 3 is 2.36 bits per heavy atom. The second-order valence-corrected chi connectivity index (χ2v) is 5.97. The van der Waals surface area contributed by atoms with Gasteiger partial charge in [-0.05, 0) is 50.4 Å². The quantitative estimate of drug-likeness (QED) is 0.742. The van der Waals surface area contributed by atoms with Crippen LogP contribution in [0.3, 0.4) is 0 Å². The van der Waals surface area contributed by atoms with Gasteiger partial charge >= 0.3 is 6.18 Å². The molecule has 0 unspecified atom stereocenters. The molecule has 1 fully saturated rings. The van der Waals surface area contributed by atoms with Crippen LogP contribution in [0.1, 0.15) is 29.6 Å². The summed E-state index contributed by atoms with van der Waals surface area (Å²) in [6.45, 7) is 0.606. The van der Waals surface area contributed by atoms with Crippen LogP contribution in [-0.2, 0) is 0 Å². The summed E-state index contributed by atoms with van der Waals surface area (Å²) in [6.07, 6.45) is -1.88. The molecule has 25 heavy (non-hydrogen) atoms. The van der Waals surface area contributed by atoms with Crippen LogP contribution in [0.4, 0.5) is 18.9 Å². The Kier molecular flexibility index (Phi) is 10.2. The van der Waals surface area contributed by atoms with Crippen LogP contribution in [0.2, 0.25) is 0 Å². The average Bonchev–Trinajstić information content (AvgIpc) is 2.48. The van der Waals surface area contributed by atoms with Crippen molar-refractivity contribution in [2.75, 3.05) is 31.9 Å². The summed E-state index contributed by atoms with van der Waals surface area (Å²) in [4.78, 5) is 13.4. The maximum absolute atomic E-state index is 12.3. The number of nitrogens with two attached hydrogens (primary N) is 1. The van der Waals surface area contributed by atoms with Gasteiger partial charge in [0.2, 0.25) is 0 Å². The highest BCUT2D eigenvalue weighted by atomic mass is 35.5. The summed E-state index contributed by atoms with van der Waals surface area (Å²) >= 11 is 0. The molecule has 1 heterocycles. The molecule has 0 aliphatic carbocycles. The fourth-order valence-electron chi connectivity index (χ4n) is 2.88. The molecule has 3 N–H and O–H groups in total. The molecule has 0 spiro atoms. The van der Waals surface area contributed by atoms with Gasteiger partial charge in [-0.15, -0.1) is 24.8 Å². The van der Waals surface area contributed by atoms with Crippen molar-refractivity contribution in [1.82, 2.24) is 10.2 Å². The fourth-order valence-corrected chi connectivity index (χ4v) is 2.88. The van der Waals surface area contributed by atoms with E-state index in [9.17, 15) is 18.0 Å². The summed E-state index contributed by atoms with van der Waals surface area (Å²) in [7, 11) is 0. The zero-order valence-corrected chi connectivity index (χ0v) is 15.4. The molecule has 9 heteroatoms. The van der Waals surface area contributed by atoms with Gasteiger partial charge in [0, 0.05) is 12.2 Å². The third kappa shape index (κ3) is 8.16. The van der Waals surface area contributed by atoms with Gasteiger partial charge in [-0.3, -0.25) is 9.69 Å². The number of benzene rings is 1. The second-order valence-electron chi connectivity index (χ2n) is 5.97. The zero-order chi connectivity index (χ0) is 16.9. The Bertz CT molecular complexity index is 536. The van der Waals surface area contributed by atoms with E-state index in [1.807, 2.05) is 0 Å². The Morgan fingerprint density at radius 1 is 1.20 bits per heavy atom. The van der Waals surface area contributed by atoms with E-state index >= 15 is 0 Å². The summed E-state index contributed by atoms with van der Waals surface area (Å²) in [5.74, 6) is 0.144. The van der Waals surface area contributed by atoms with Crippen molar-refractivity contribution >= 4 is 36.4 Å². The van der Waals surface area contributed by atoms with E-state index in [0.29, 0.717) is 36.8 Å². The number of amides is 1. The summed E-state index contributed by atoms with van der Waals surface area (Å²) < 4.78 is 37.0. The van der Waals surface area contributed by atoms with Crippen molar-refractivity contribution < 1.29 is 18.0 Å². The van der Waals surface area contributed by atoms with Gasteiger partial charge in [0.1, 0.15) is 0 Å². The number of nitrogens with zero attached hydrogens (tertiary/aromatic N) is 1. The van der Waals surface area contributed by atoms with Crippen LogP contribution < -0.4 is 11.1 Å². The van der Waals surface area contributed by atoms with Crippen molar-refractivity contribution in [3.8, 4) is 0 Å². The molecule has 0 saturated carbocycles. The number of alkyl halides is 3. The lowest BCUT2D eigenvalue weighted by atomic mass is 9.93. The van der Waals surface area contributed by atoms with Gasteiger partial charge in [0.05, 0.1) is 12.1 Å². The Balaban J connectivity index is 0.00000288. The van der Waals surface area contributed by atoms with Gasteiger partial charge in [-0.2, -0.15) is 13.2 Å². The Labute approximate surface area is 158 Å². The Hall–Kier alpha value is -1.18. The number of anilines is 1. The second kappa shape index (κ2) is 10.7. The molecule has 4 nitrogen and oxygen atoms in total.